The molecule has 16 heavy (non-hydrogen) atoms. The maximum absolute atomic E-state index is 5.95. The van der Waals surface area contributed by atoms with Crippen molar-refractivity contribution < 1.29 is 0 Å². The predicted molar refractivity (Wildman–Crippen MR) is 66.6 cm³/mol. The molecule has 4 heteroatoms. The number of anilines is 1. The number of aromatic nitrogens is 2. The SMILES string of the molecule is Cc1cnn(C(C)c2ccc(Cl)cc2)c1N. The van der Waals surface area contributed by atoms with Gasteiger partial charge in [0, 0.05) is 10.6 Å². The molecule has 0 radical (unpaired) electrons. The van der Waals surface area contributed by atoms with Gasteiger partial charge in [-0.1, -0.05) is 23.7 Å². The van der Waals surface area contributed by atoms with Crippen LogP contribution in [0.15, 0.2) is 30.5 Å². The van der Waals surface area contributed by atoms with Gasteiger partial charge in [0.1, 0.15) is 5.82 Å². The first-order valence-electron chi connectivity index (χ1n) is 5.14. The fraction of sp³-hybridized carbons (Fsp3) is 0.250. The Morgan fingerprint density at radius 1 is 1.31 bits per heavy atom. The van der Waals surface area contributed by atoms with E-state index in [0.717, 1.165) is 16.1 Å². The first-order chi connectivity index (χ1) is 7.59. The number of nitrogens with two attached hydrogens (primary N) is 1. The summed E-state index contributed by atoms with van der Waals surface area (Å²) in [5, 5.41) is 5.01. The molecule has 0 fully saturated rings. The zero-order valence-electron chi connectivity index (χ0n) is 9.31. The molecule has 0 amide bonds. The number of hydrogen-bond acceptors (Lipinski definition) is 2. The van der Waals surface area contributed by atoms with Crippen molar-refractivity contribution in [3.05, 3.63) is 46.6 Å². The van der Waals surface area contributed by atoms with Crippen LogP contribution in [0.25, 0.3) is 0 Å². The van der Waals surface area contributed by atoms with Gasteiger partial charge in [-0.15, -0.1) is 0 Å². The van der Waals surface area contributed by atoms with E-state index >= 15 is 0 Å². The fourth-order valence-corrected chi connectivity index (χ4v) is 1.77. The summed E-state index contributed by atoms with van der Waals surface area (Å²) in [6, 6.07) is 7.85. The van der Waals surface area contributed by atoms with Crippen LogP contribution >= 0.6 is 11.6 Å². The highest BCUT2D eigenvalue weighted by Gasteiger charge is 2.12. The van der Waals surface area contributed by atoms with Crippen LogP contribution in [0.2, 0.25) is 5.02 Å². The lowest BCUT2D eigenvalue weighted by atomic mass is 10.1. The molecule has 0 spiro atoms. The maximum Gasteiger partial charge on any atom is 0.125 e. The van der Waals surface area contributed by atoms with Crippen molar-refractivity contribution in [3.63, 3.8) is 0 Å². The summed E-state index contributed by atoms with van der Waals surface area (Å²) in [5.74, 6) is 0.711. The topological polar surface area (TPSA) is 43.8 Å². The van der Waals surface area contributed by atoms with Crippen LogP contribution in [0.1, 0.15) is 24.1 Å². The highest BCUT2D eigenvalue weighted by Crippen LogP contribution is 2.23. The molecule has 0 saturated carbocycles. The minimum absolute atomic E-state index is 0.117. The number of halogens is 1. The Kier molecular flexibility index (Phi) is 2.88. The molecular weight excluding hydrogens is 222 g/mol. The second kappa shape index (κ2) is 4.18. The predicted octanol–water partition coefficient (Wildman–Crippen LogP) is 3.04. The highest BCUT2D eigenvalue weighted by molar-refractivity contribution is 6.30. The molecule has 1 heterocycles. The minimum atomic E-state index is 0.117. The molecule has 1 atom stereocenters. The summed E-state index contributed by atoms with van der Waals surface area (Å²) in [5.41, 5.74) is 8.08. The first kappa shape index (κ1) is 11.0. The summed E-state index contributed by atoms with van der Waals surface area (Å²) in [4.78, 5) is 0. The molecule has 84 valence electrons. The normalized spacial score (nSPS) is 12.7. The summed E-state index contributed by atoms with van der Waals surface area (Å²) >= 11 is 5.85. The average Bonchev–Trinajstić information content (AvgIpc) is 2.60. The summed E-state index contributed by atoms with van der Waals surface area (Å²) in [7, 11) is 0. The Bertz CT molecular complexity index is 487. The van der Waals surface area contributed by atoms with E-state index in [0.29, 0.717) is 5.82 Å². The summed E-state index contributed by atoms with van der Waals surface area (Å²) in [6.45, 7) is 4.01. The number of aryl methyl sites for hydroxylation is 1. The van der Waals surface area contributed by atoms with E-state index in [1.807, 2.05) is 35.9 Å². The molecule has 2 N–H and O–H groups in total. The quantitative estimate of drug-likeness (QED) is 0.870. The van der Waals surface area contributed by atoms with Gasteiger partial charge in [0.05, 0.1) is 12.2 Å². The summed E-state index contributed by atoms with van der Waals surface area (Å²) in [6.07, 6.45) is 1.78. The van der Waals surface area contributed by atoms with Crippen molar-refractivity contribution in [3.8, 4) is 0 Å². The molecule has 2 aromatic rings. The standard InChI is InChI=1S/C12H14ClN3/c1-8-7-15-16(12(8)14)9(2)10-3-5-11(13)6-4-10/h3-7,9H,14H2,1-2H3. The zero-order valence-corrected chi connectivity index (χ0v) is 10.1. The largest absolute Gasteiger partial charge is 0.384 e. The van der Waals surface area contributed by atoms with Gasteiger partial charge in [-0.2, -0.15) is 5.10 Å². The van der Waals surface area contributed by atoms with Crippen molar-refractivity contribution in [2.24, 2.45) is 0 Å². The maximum atomic E-state index is 5.95. The molecule has 1 aromatic heterocycles. The van der Waals surface area contributed by atoms with E-state index in [1.54, 1.807) is 6.20 Å². The first-order valence-corrected chi connectivity index (χ1v) is 5.52. The van der Waals surface area contributed by atoms with Crippen LogP contribution in [0.3, 0.4) is 0 Å². The van der Waals surface area contributed by atoms with E-state index in [9.17, 15) is 0 Å². The Morgan fingerprint density at radius 3 is 2.44 bits per heavy atom. The summed E-state index contributed by atoms with van der Waals surface area (Å²) < 4.78 is 1.82. The van der Waals surface area contributed by atoms with E-state index < -0.39 is 0 Å². The van der Waals surface area contributed by atoms with Gasteiger partial charge < -0.3 is 5.73 Å². The number of nitrogens with zero attached hydrogens (tertiary/aromatic N) is 2. The van der Waals surface area contributed by atoms with Gasteiger partial charge in [-0.3, -0.25) is 0 Å². The number of rotatable bonds is 2. The Labute approximate surface area is 99.8 Å². The monoisotopic (exact) mass is 235 g/mol. The average molecular weight is 236 g/mol. The van der Waals surface area contributed by atoms with Crippen LogP contribution in [0, 0.1) is 6.92 Å². The van der Waals surface area contributed by atoms with Crippen LogP contribution < -0.4 is 5.73 Å². The van der Waals surface area contributed by atoms with Crippen molar-refractivity contribution in [1.82, 2.24) is 9.78 Å². The van der Waals surface area contributed by atoms with Crippen LogP contribution in [0.4, 0.5) is 5.82 Å². The van der Waals surface area contributed by atoms with Crippen molar-refractivity contribution >= 4 is 17.4 Å². The lowest BCUT2D eigenvalue weighted by Gasteiger charge is -2.14. The molecule has 0 bridgehead atoms. The molecule has 1 aromatic carbocycles. The molecule has 0 aliphatic rings. The van der Waals surface area contributed by atoms with Gasteiger partial charge in [0.15, 0.2) is 0 Å². The van der Waals surface area contributed by atoms with Crippen molar-refractivity contribution in [2.45, 2.75) is 19.9 Å². The highest BCUT2D eigenvalue weighted by atomic mass is 35.5. The Hall–Kier alpha value is -1.48. The van der Waals surface area contributed by atoms with E-state index in [2.05, 4.69) is 12.0 Å². The van der Waals surface area contributed by atoms with Crippen molar-refractivity contribution in [1.29, 1.82) is 0 Å². The number of benzene rings is 1. The lowest BCUT2D eigenvalue weighted by molar-refractivity contribution is 0.573. The Balaban J connectivity index is 2.35. The van der Waals surface area contributed by atoms with Gasteiger partial charge in [0.25, 0.3) is 0 Å². The Morgan fingerprint density at radius 2 is 1.94 bits per heavy atom. The zero-order chi connectivity index (χ0) is 11.7. The molecule has 0 aliphatic heterocycles. The third kappa shape index (κ3) is 1.91. The van der Waals surface area contributed by atoms with E-state index in [4.69, 9.17) is 17.3 Å². The molecule has 1 unspecified atom stereocenters. The number of nitrogen functional groups attached to an aromatic ring is 1. The minimum Gasteiger partial charge on any atom is -0.384 e. The van der Waals surface area contributed by atoms with Gasteiger partial charge in [0.2, 0.25) is 0 Å². The molecular formula is C12H14ClN3. The van der Waals surface area contributed by atoms with E-state index in [1.165, 1.54) is 0 Å². The molecule has 2 rings (SSSR count). The van der Waals surface area contributed by atoms with Crippen LogP contribution in [0.5, 0.6) is 0 Å². The van der Waals surface area contributed by atoms with Gasteiger partial charge >= 0.3 is 0 Å². The van der Waals surface area contributed by atoms with Crippen LogP contribution in [-0.4, -0.2) is 9.78 Å². The smallest absolute Gasteiger partial charge is 0.125 e. The fourth-order valence-electron chi connectivity index (χ4n) is 1.65. The van der Waals surface area contributed by atoms with Crippen LogP contribution in [-0.2, 0) is 0 Å². The van der Waals surface area contributed by atoms with Gasteiger partial charge in [-0.25, -0.2) is 4.68 Å². The van der Waals surface area contributed by atoms with Gasteiger partial charge in [-0.05, 0) is 31.5 Å². The molecule has 0 aliphatic carbocycles. The third-order valence-corrected chi connectivity index (χ3v) is 3.00. The lowest BCUT2D eigenvalue weighted by Crippen LogP contribution is -2.11. The molecule has 0 saturated heterocycles. The second-order valence-corrected chi connectivity index (χ2v) is 4.32. The third-order valence-electron chi connectivity index (χ3n) is 2.75. The number of hydrogen-bond donors (Lipinski definition) is 1. The second-order valence-electron chi connectivity index (χ2n) is 3.88. The van der Waals surface area contributed by atoms with E-state index in [-0.39, 0.29) is 6.04 Å². The van der Waals surface area contributed by atoms with Crippen molar-refractivity contribution in [2.75, 3.05) is 5.73 Å². The molecule has 3 nitrogen and oxygen atoms in total.